The molecule has 2 heterocycles. The molecule has 0 bridgehead atoms. The van der Waals surface area contributed by atoms with Gasteiger partial charge in [-0.1, -0.05) is 6.07 Å². The lowest BCUT2D eigenvalue weighted by Crippen LogP contribution is -2.27. The summed E-state index contributed by atoms with van der Waals surface area (Å²) in [4.78, 5) is 30.0. The SMILES string of the molecule is CC(=O)N1CCc2cc(C(=O)NC(C)c3ccccn3)ccc21. The van der Waals surface area contributed by atoms with Crippen LogP contribution in [0.5, 0.6) is 0 Å². The summed E-state index contributed by atoms with van der Waals surface area (Å²) in [6.07, 6.45) is 2.50. The number of benzene rings is 1. The van der Waals surface area contributed by atoms with E-state index in [1.807, 2.05) is 37.3 Å². The van der Waals surface area contributed by atoms with Crippen molar-refractivity contribution < 1.29 is 9.59 Å². The second kappa shape index (κ2) is 6.20. The van der Waals surface area contributed by atoms with Gasteiger partial charge < -0.3 is 10.2 Å². The number of carbonyl (C=O) groups is 2. The van der Waals surface area contributed by atoms with Crippen LogP contribution in [0.4, 0.5) is 5.69 Å². The van der Waals surface area contributed by atoms with Crippen molar-refractivity contribution in [2.45, 2.75) is 26.3 Å². The van der Waals surface area contributed by atoms with Gasteiger partial charge in [0.1, 0.15) is 0 Å². The first-order chi connectivity index (χ1) is 11.1. The second-order valence-electron chi connectivity index (χ2n) is 5.71. The highest BCUT2D eigenvalue weighted by molar-refractivity contribution is 5.98. The van der Waals surface area contributed by atoms with Crippen LogP contribution in [0.1, 0.15) is 41.5 Å². The molecule has 1 atom stereocenters. The first kappa shape index (κ1) is 15.2. The number of hydrogen-bond donors (Lipinski definition) is 1. The lowest BCUT2D eigenvalue weighted by atomic mass is 10.1. The Morgan fingerprint density at radius 1 is 1.26 bits per heavy atom. The third-order valence-corrected chi connectivity index (χ3v) is 4.10. The Morgan fingerprint density at radius 3 is 2.78 bits per heavy atom. The summed E-state index contributed by atoms with van der Waals surface area (Å²) >= 11 is 0. The zero-order valence-corrected chi connectivity index (χ0v) is 13.2. The van der Waals surface area contributed by atoms with Gasteiger partial charge in [-0.15, -0.1) is 0 Å². The fraction of sp³-hybridized carbons (Fsp3) is 0.278. The van der Waals surface area contributed by atoms with Crippen molar-refractivity contribution in [2.24, 2.45) is 0 Å². The lowest BCUT2D eigenvalue weighted by molar-refractivity contribution is -0.116. The van der Waals surface area contributed by atoms with Gasteiger partial charge in [-0.05, 0) is 49.2 Å². The molecule has 5 nitrogen and oxygen atoms in total. The maximum atomic E-state index is 12.4. The fourth-order valence-electron chi connectivity index (χ4n) is 2.86. The van der Waals surface area contributed by atoms with Crippen LogP contribution in [0.15, 0.2) is 42.6 Å². The van der Waals surface area contributed by atoms with Crippen LogP contribution >= 0.6 is 0 Å². The van der Waals surface area contributed by atoms with Crippen molar-refractivity contribution in [3.05, 3.63) is 59.4 Å². The highest BCUT2D eigenvalue weighted by Crippen LogP contribution is 2.29. The van der Waals surface area contributed by atoms with Gasteiger partial charge in [0, 0.05) is 30.9 Å². The van der Waals surface area contributed by atoms with E-state index < -0.39 is 0 Å². The fourth-order valence-corrected chi connectivity index (χ4v) is 2.86. The molecule has 1 unspecified atom stereocenters. The zero-order chi connectivity index (χ0) is 16.4. The van der Waals surface area contributed by atoms with E-state index >= 15 is 0 Å². The van der Waals surface area contributed by atoms with Gasteiger partial charge in [-0.3, -0.25) is 14.6 Å². The Balaban J connectivity index is 1.75. The minimum absolute atomic E-state index is 0.0322. The van der Waals surface area contributed by atoms with Crippen LogP contribution in [0.25, 0.3) is 0 Å². The molecule has 0 spiro atoms. The van der Waals surface area contributed by atoms with Crippen molar-refractivity contribution in [1.82, 2.24) is 10.3 Å². The maximum Gasteiger partial charge on any atom is 0.251 e. The average molecular weight is 309 g/mol. The van der Waals surface area contributed by atoms with Gasteiger partial charge >= 0.3 is 0 Å². The Kier molecular flexibility index (Phi) is 4.10. The number of fused-ring (bicyclic) bond motifs is 1. The lowest BCUT2D eigenvalue weighted by Gasteiger charge is -2.16. The minimum atomic E-state index is -0.161. The standard InChI is InChI=1S/C18H19N3O2/c1-12(16-5-3-4-9-19-16)20-18(23)15-6-7-17-14(11-15)8-10-21(17)13(2)22/h3-7,9,11-12H,8,10H2,1-2H3,(H,20,23). The molecule has 1 aromatic carbocycles. The topological polar surface area (TPSA) is 62.3 Å². The van der Waals surface area contributed by atoms with Crippen LogP contribution in [0.3, 0.4) is 0 Å². The smallest absolute Gasteiger partial charge is 0.251 e. The van der Waals surface area contributed by atoms with E-state index in [0.717, 1.165) is 23.4 Å². The molecule has 0 saturated carbocycles. The van der Waals surface area contributed by atoms with E-state index in [9.17, 15) is 9.59 Å². The first-order valence-corrected chi connectivity index (χ1v) is 7.69. The minimum Gasteiger partial charge on any atom is -0.344 e. The normalized spacial score (nSPS) is 14.3. The predicted molar refractivity (Wildman–Crippen MR) is 88.3 cm³/mol. The highest BCUT2D eigenvalue weighted by Gasteiger charge is 2.23. The van der Waals surface area contributed by atoms with Crippen molar-refractivity contribution >= 4 is 17.5 Å². The van der Waals surface area contributed by atoms with Gasteiger partial charge in [0.05, 0.1) is 11.7 Å². The zero-order valence-electron chi connectivity index (χ0n) is 13.2. The van der Waals surface area contributed by atoms with Crippen molar-refractivity contribution in [2.75, 3.05) is 11.4 Å². The number of amides is 2. The summed E-state index contributed by atoms with van der Waals surface area (Å²) < 4.78 is 0. The quantitative estimate of drug-likeness (QED) is 0.947. The average Bonchev–Trinajstić information content (AvgIpc) is 2.98. The van der Waals surface area contributed by atoms with Crippen molar-refractivity contribution in [3.63, 3.8) is 0 Å². The number of nitrogens with one attached hydrogen (secondary N) is 1. The third-order valence-electron chi connectivity index (χ3n) is 4.10. The first-order valence-electron chi connectivity index (χ1n) is 7.69. The number of hydrogen-bond acceptors (Lipinski definition) is 3. The molecule has 1 N–H and O–H groups in total. The highest BCUT2D eigenvalue weighted by atomic mass is 16.2. The summed E-state index contributed by atoms with van der Waals surface area (Å²) in [6.45, 7) is 4.15. The van der Waals surface area contributed by atoms with Crippen LogP contribution in [0.2, 0.25) is 0 Å². The van der Waals surface area contributed by atoms with Crippen molar-refractivity contribution in [3.8, 4) is 0 Å². The molecule has 0 radical (unpaired) electrons. The monoisotopic (exact) mass is 309 g/mol. The van der Waals surface area contributed by atoms with Crippen LogP contribution in [-0.2, 0) is 11.2 Å². The van der Waals surface area contributed by atoms with Crippen LogP contribution in [0, 0.1) is 0 Å². The van der Waals surface area contributed by atoms with E-state index in [2.05, 4.69) is 10.3 Å². The Hall–Kier alpha value is -2.69. The van der Waals surface area contributed by atoms with E-state index in [1.54, 1.807) is 24.1 Å². The molecule has 0 fully saturated rings. The number of aromatic nitrogens is 1. The molecule has 1 aliphatic heterocycles. The number of carbonyl (C=O) groups excluding carboxylic acids is 2. The van der Waals surface area contributed by atoms with Gasteiger partial charge in [0.2, 0.25) is 5.91 Å². The molecule has 1 aliphatic rings. The summed E-state index contributed by atoms with van der Waals surface area (Å²) in [5, 5.41) is 2.96. The summed E-state index contributed by atoms with van der Waals surface area (Å²) in [6, 6.07) is 11.0. The number of anilines is 1. The number of nitrogens with zero attached hydrogens (tertiary/aromatic N) is 2. The summed E-state index contributed by atoms with van der Waals surface area (Å²) in [5.74, 6) is -0.100. The molecule has 3 rings (SSSR count). The van der Waals surface area contributed by atoms with E-state index in [1.165, 1.54) is 0 Å². The van der Waals surface area contributed by atoms with Gasteiger partial charge in [-0.2, -0.15) is 0 Å². The predicted octanol–water partition coefficient (Wildman–Crippen LogP) is 2.48. The number of pyridine rings is 1. The summed E-state index contributed by atoms with van der Waals surface area (Å²) in [5.41, 5.74) is 3.38. The van der Waals surface area contributed by atoms with Crippen LogP contribution in [-0.4, -0.2) is 23.3 Å². The molecule has 2 aromatic rings. The molecular weight excluding hydrogens is 290 g/mol. The molecule has 0 aliphatic carbocycles. The molecule has 2 amide bonds. The van der Waals surface area contributed by atoms with Crippen molar-refractivity contribution in [1.29, 1.82) is 0 Å². The third kappa shape index (κ3) is 3.08. The molecule has 0 saturated heterocycles. The van der Waals surface area contributed by atoms with E-state index in [0.29, 0.717) is 12.1 Å². The van der Waals surface area contributed by atoms with Crippen LogP contribution < -0.4 is 10.2 Å². The number of rotatable bonds is 3. The molecule has 118 valence electrons. The molecule has 5 heteroatoms. The largest absolute Gasteiger partial charge is 0.344 e. The molecule has 23 heavy (non-hydrogen) atoms. The van der Waals surface area contributed by atoms with Gasteiger partial charge in [0.15, 0.2) is 0 Å². The Morgan fingerprint density at radius 2 is 2.09 bits per heavy atom. The van der Waals surface area contributed by atoms with Gasteiger partial charge in [-0.25, -0.2) is 0 Å². The molecular formula is C18H19N3O2. The summed E-state index contributed by atoms with van der Waals surface area (Å²) in [7, 11) is 0. The Labute approximate surface area is 135 Å². The second-order valence-corrected chi connectivity index (χ2v) is 5.71. The van der Waals surface area contributed by atoms with E-state index in [4.69, 9.17) is 0 Å². The molecule has 1 aromatic heterocycles. The maximum absolute atomic E-state index is 12.4. The van der Waals surface area contributed by atoms with E-state index in [-0.39, 0.29) is 17.9 Å². The Bertz CT molecular complexity index is 743. The van der Waals surface area contributed by atoms with Gasteiger partial charge in [0.25, 0.3) is 5.91 Å².